The molecule has 2 aromatic rings. The Labute approximate surface area is 184 Å². The van der Waals surface area contributed by atoms with Crippen molar-refractivity contribution < 1.29 is 14.3 Å². The van der Waals surface area contributed by atoms with Gasteiger partial charge in [-0.05, 0) is 56.4 Å². The number of halogens is 2. The van der Waals surface area contributed by atoms with E-state index in [1.54, 1.807) is 31.2 Å². The molecule has 4 nitrogen and oxygen atoms in total. The summed E-state index contributed by atoms with van der Waals surface area (Å²) in [5.41, 5.74) is 2.11. The standard InChI is InChI=1S/C22H23Cl2NO3S/c1-2-28-22(27)20-15-8-5-3-4-6-11-18(15)29-21(20)25-19(26)13-12-14-16(23)9-7-10-17(14)24/h7,9-10,12-13H,2-6,8,11H2,1H3,(H,25,26)/b13-12+. The van der Waals surface area contributed by atoms with E-state index in [0.29, 0.717) is 32.8 Å². The van der Waals surface area contributed by atoms with Crippen molar-refractivity contribution in [1.29, 1.82) is 0 Å². The Bertz CT molecular complexity index is 916. The summed E-state index contributed by atoms with van der Waals surface area (Å²) >= 11 is 13.8. The zero-order valence-corrected chi connectivity index (χ0v) is 18.6. The van der Waals surface area contributed by atoms with Crippen molar-refractivity contribution in [3.63, 3.8) is 0 Å². The zero-order chi connectivity index (χ0) is 20.8. The maximum atomic E-state index is 12.6. The second-order valence-electron chi connectivity index (χ2n) is 6.80. The number of anilines is 1. The summed E-state index contributed by atoms with van der Waals surface area (Å²) in [6, 6.07) is 5.17. The van der Waals surface area contributed by atoms with Crippen molar-refractivity contribution >= 4 is 57.5 Å². The van der Waals surface area contributed by atoms with Crippen LogP contribution in [0.1, 0.15) is 59.0 Å². The fourth-order valence-electron chi connectivity index (χ4n) is 3.41. The van der Waals surface area contributed by atoms with Gasteiger partial charge in [0.15, 0.2) is 0 Å². The molecule has 0 atom stereocenters. The van der Waals surface area contributed by atoms with E-state index >= 15 is 0 Å². The van der Waals surface area contributed by atoms with Gasteiger partial charge in [0.25, 0.3) is 0 Å². The molecule has 0 saturated carbocycles. The van der Waals surface area contributed by atoms with E-state index in [2.05, 4.69) is 5.32 Å². The first-order chi connectivity index (χ1) is 14.0. The third-order valence-corrected chi connectivity index (χ3v) is 6.66. The van der Waals surface area contributed by atoms with Crippen LogP contribution in [0.3, 0.4) is 0 Å². The number of hydrogen-bond donors (Lipinski definition) is 1. The Kier molecular flexibility index (Phi) is 7.76. The molecule has 0 aliphatic heterocycles. The van der Waals surface area contributed by atoms with Gasteiger partial charge in [0.1, 0.15) is 5.00 Å². The Hall–Kier alpha value is -1.82. The topological polar surface area (TPSA) is 55.4 Å². The van der Waals surface area contributed by atoms with Gasteiger partial charge in [0, 0.05) is 26.6 Å². The Morgan fingerprint density at radius 3 is 2.52 bits per heavy atom. The number of fused-ring (bicyclic) bond motifs is 1. The lowest BCUT2D eigenvalue weighted by molar-refractivity contribution is -0.111. The van der Waals surface area contributed by atoms with E-state index in [-0.39, 0.29) is 11.9 Å². The number of carbonyl (C=O) groups excluding carboxylic acids is 2. The number of nitrogens with one attached hydrogen (secondary N) is 1. The quantitative estimate of drug-likeness (QED) is 0.414. The lowest BCUT2D eigenvalue weighted by atomic mass is 9.96. The highest BCUT2D eigenvalue weighted by Gasteiger charge is 2.25. The van der Waals surface area contributed by atoms with Crippen LogP contribution in [0.25, 0.3) is 6.08 Å². The summed E-state index contributed by atoms with van der Waals surface area (Å²) in [4.78, 5) is 26.4. The van der Waals surface area contributed by atoms with E-state index < -0.39 is 0 Å². The minimum absolute atomic E-state index is 0.293. The van der Waals surface area contributed by atoms with Crippen LogP contribution in [0.5, 0.6) is 0 Å². The van der Waals surface area contributed by atoms with E-state index in [0.717, 1.165) is 37.7 Å². The van der Waals surface area contributed by atoms with Gasteiger partial charge in [-0.1, -0.05) is 42.1 Å². The number of ether oxygens (including phenoxy) is 1. The van der Waals surface area contributed by atoms with Crippen molar-refractivity contribution in [1.82, 2.24) is 0 Å². The zero-order valence-electron chi connectivity index (χ0n) is 16.2. The van der Waals surface area contributed by atoms with Gasteiger partial charge in [-0.2, -0.15) is 0 Å². The SMILES string of the molecule is CCOC(=O)c1c(NC(=O)/C=C/c2c(Cl)cccc2Cl)sc2c1CCCCCC2. The number of hydrogen-bond acceptors (Lipinski definition) is 4. The molecule has 7 heteroatoms. The molecule has 0 fully saturated rings. The third-order valence-electron chi connectivity index (χ3n) is 4.79. The Morgan fingerprint density at radius 2 is 1.83 bits per heavy atom. The molecule has 1 amide bonds. The predicted octanol–water partition coefficient (Wildman–Crippen LogP) is 6.54. The van der Waals surface area contributed by atoms with Crippen molar-refractivity contribution in [2.24, 2.45) is 0 Å². The summed E-state index contributed by atoms with van der Waals surface area (Å²) < 4.78 is 5.27. The van der Waals surface area contributed by atoms with Crippen LogP contribution in [0.2, 0.25) is 10.0 Å². The first kappa shape index (κ1) is 21.9. The Morgan fingerprint density at radius 1 is 1.14 bits per heavy atom. The lowest BCUT2D eigenvalue weighted by Crippen LogP contribution is -2.13. The van der Waals surface area contributed by atoms with Crippen LogP contribution >= 0.6 is 34.5 Å². The molecule has 29 heavy (non-hydrogen) atoms. The van der Waals surface area contributed by atoms with Crippen molar-refractivity contribution in [3.8, 4) is 0 Å². The number of amides is 1. The van der Waals surface area contributed by atoms with Crippen molar-refractivity contribution in [2.75, 3.05) is 11.9 Å². The molecule has 154 valence electrons. The average Bonchev–Trinajstić information content (AvgIpc) is 2.97. The molecule has 3 rings (SSSR count). The van der Waals surface area contributed by atoms with Crippen molar-refractivity contribution in [2.45, 2.75) is 45.4 Å². The van der Waals surface area contributed by atoms with Crippen LogP contribution < -0.4 is 5.32 Å². The normalized spacial score (nSPS) is 14.2. The van der Waals surface area contributed by atoms with Gasteiger partial charge in [0.05, 0.1) is 12.2 Å². The second kappa shape index (κ2) is 10.3. The molecule has 0 bridgehead atoms. The van der Waals surface area contributed by atoms with E-state index in [1.165, 1.54) is 28.7 Å². The fourth-order valence-corrected chi connectivity index (χ4v) is 5.21. The first-order valence-corrected chi connectivity index (χ1v) is 11.3. The largest absolute Gasteiger partial charge is 0.462 e. The van der Waals surface area contributed by atoms with Crippen LogP contribution in [0.4, 0.5) is 5.00 Å². The molecular weight excluding hydrogens is 429 g/mol. The third kappa shape index (κ3) is 5.41. The molecule has 0 unspecified atom stereocenters. The highest BCUT2D eigenvalue weighted by molar-refractivity contribution is 7.17. The fraction of sp³-hybridized carbons (Fsp3) is 0.364. The molecule has 1 heterocycles. The van der Waals surface area contributed by atoms with Crippen LogP contribution in [-0.2, 0) is 22.4 Å². The molecular formula is C22H23Cl2NO3S. The first-order valence-electron chi connectivity index (χ1n) is 9.76. The molecule has 1 aliphatic carbocycles. The van der Waals surface area contributed by atoms with E-state index in [9.17, 15) is 9.59 Å². The van der Waals surface area contributed by atoms with Gasteiger partial charge >= 0.3 is 5.97 Å². The van der Waals surface area contributed by atoms with Crippen LogP contribution in [0.15, 0.2) is 24.3 Å². The van der Waals surface area contributed by atoms with Gasteiger partial charge in [-0.15, -0.1) is 11.3 Å². The highest BCUT2D eigenvalue weighted by Crippen LogP contribution is 2.37. The van der Waals surface area contributed by atoms with Gasteiger partial charge in [-0.3, -0.25) is 4.79 Å². The number of aryl methyl sites for hydroxylation is 1. The van der Waals surface area contributed by atoms with Gasteiger partial charge in [-0.25, -0.2) is 4.79 Å². The van der Waals surface area contributed by atoms with Crippen LogP contribution in [-0.4, -0.2) is 18.5 Å². The molecule has 1 N–H and O–H groups in total. The smallest absolute Gasteiger partial charge is 0.341 e. The summed E-state index contributed by atoms with van der Waals surface area (Å²) in [5.74, 6) is -0.722. The molecule has 0 saturated heterocycles. The number of carbonyl (C=O) groups is 2. The molecule has 1 aromatic carbocycles. The minimum atomic E-state index is -0.376. The van der Waals surface area contributed by atoms with Crippen LogP contribution in [0, 0.1) is 0 Å². The molecule has 0 radical (unpaired) electrons. The lowest BCUT2D eigenvalue weighted by Gasteiger charge is -2.11. The maximum Gasteiger partial charge on any atom is 0.341 e. The minimum Gasteiger partial charge on any atom is -0.462 e. The van der Waals surface area contributed by atoms with Gasteiger partial charge < -0.3 is 10.1 Å². The Balaban J connectivity index is 1.87. The predicted molar refractivity (Wildman–Crippen MR) is 120 cm³/mol. The van der Waals surface area contributed by atoms with E-state index in [4.69, 9.17) is 27.9 Å². The second-order valence-corrected chi connectivity index (χ2v) is 8.72. The van der Waals surface area contributed by atoms with Crippen molar-refractivity contribution in [3.05, 3.63) is 55.9 Å². The number of rotatable bonds is 5. The monoisotopic (exact) mass is 451 g/mol. The molecule has 1 aromatic heterocycles. The summed E-state index contributed by atoms with van der Waals surface area (Å²) in [7, 11) is 0. The number of esters is 1. The summed E-state index contributed by atoms with van der Waals surface area (Å²) in [6.45, 7) is 2.07. The number of benzene rings is 1. The molecule has 0 spiro atoms. The number of thiophene rings is 1. The maximum absolute atomic E-state index is 12.6. The average molecular weight is 452 g/mol. The summed E-state index contributed by atoms with van der Waals surface area (Å²) in [6.07, 6.45) is 9.18. The summed E-state index contributed by atoms with van der Waals surface area (Å²) in [5, 5.41) is 4.35. The highest BCUT2D eigenvalue weighted by atomic mass is 35.5. The molecule has 1 aliphatic rings. The van der Waals surface area contributed by atoms with E-state index in [1.807, 2.05) is 0 Å². The van der Waals surface area contributed by atoms with Gasteiger partial charge in [0.2, 0.25) is 5.91 Å².